The van der Waals surface area contributed by atoms with Gasteiger partial charge in [0.1, 0.15) is 18.5 Å². The van der Waals surface area contributed by atoms with E-state index in [1.54, 1.807) is 12.2 Å². The largest absolute Gasteiger partial charge is 0.491 e. The van der Waals surface area contributed by atoms with Crippen LogP contribution in [0.2, 0.25) is 0 Å². The van der Waals surface area contributed by atoms with E-state index in [-0.39, 0.29) is 0 Å². The number of aliphatic hydroxyl groups excluding tert-OH is 1. The van der Waals surface area contributed by atoms with Crippen molar-refractivity contribution in [2.24, 2.45) is 0 Å². The van der Waals surface area contributed by atoms with E-state index in [0.717, 1.165) is 24.4 Å². The first-order valence-corrected chi connectivity index (χ1v) is 10.3. The van der Waals surface area contributed by atoms with Crippen molar-refractivity contribution in [3.8, 4) is 5.75 Å². The summed E-state index contributed by atoms with van der Waals surface area (Å²) in [6, 6.07) is 7.84. The number of β-amino-alcohol motifs (C(OH)–C–C–N with tert-alkyl or cyclic N) is 1. The minimum Gasteiger partial charge on any atom is -0.491 e. The van der Waals surface area contributed by atoms with Crippen LogP contribution in [0, 0.1) is 0 Å². The van der Waals surface area contributed by atoms with Gasteiger partial charge < -0.3 is 25.2 Å². The van der Waals surface area contributed by atoms with Crippen molar-refractivity contribution in [2.75, 3.05) is 32.8 Å². The van der Waals surface area contributed by atoms with E-state index in [9.17, 15) is 10.2 Å². The molecular formula is C23H36N2O3. The third-order valence-electron chi connectivity index (χ3n) is 5.12. The predicted molar refractivity (Wildman–Crippen MR) is 115 cm³/mol. The Balaban J connectivity index is 1.70. The van der Waals surface area contributed by atoms with Gasteiger partial charge in [0.15, 0.2) is 0 Å². The van der Waals surface area contributed by atoms with Crippen LogP contribution in [0.15, 0.2) is 49.6 Å². The highest BCUT2D eigenvalue weighted by molar-refractivity contribution is 5.27. The maximum Gasteiger partial charge on any atom is 0.119 e. The molecular weight excluding hydrogens is 352 g/mol. The van der Waals surface area contributed by atoms with Crippen LogP contribution in [-0.2, 0) is 6.54 Å². The van der Waals surface area contributed by atoms with Crippen molar-refractivity contribution in [2.45, 2.75) is 50.4 Å². The molecule has 1 aliphatic rings. The summed E-state index contributed by atoms with van der Waals surface area (Å²) in [5.74, 6) is 0.760. The summed E-state index contributed by atoms with van der Waals surface area (Å²) in [7, 11) is 0. The van der Waals surface area contributed by atoms with Crippen LogP contribution in [-0.4, -0.2) is 59.6 Å². The van der Waals surface area contributed by atoms with Gasteiger partial charge in [0, 0.05) is 19.6 Å². The first-order chi connectivity index (χ1) is 13.5. The second-order valence-corrected chi connectivity index (χ2v) is 7.78. The highest BCUT2D eigenvalue weighted by Gasteiger charge is 2.23. The number of rotatable bonds is 13. The standard InChI is InChI=1S/C23H36N2O3/c1-3-12-23(27,13-4-2)19-24-16-20-8-10-22(11-9-20)28-18-21(26)17-25-14-6-5-7-15-25/h3-4,8-11,21,24,26-27H,1-2,5-7,12-19H2. The molecule has 28 heavy (non-hydrogen) atoms. The van der Waals surface area contributed by atoms with Gasteiger partial charge in [-0.25, -0.2) is 0 Å². The van der Waals surface area contributed by atoms with Gasteiger partial charge in [0.05, 0.1) is 5.60 Å². The summed E-state index contributed by atoms with van der Waals surface area (Å²) in [5.41, 5.74) is 0.276. The van der Waals surface area contributed by atoms with Crippen LogP contribution in [0.25, 0.3) is 0 Å². The molecule has 156 valence electrons. The van der Waals surface area contributed by atoms with Crippen LogP contribution < -0.4 is 10.1 Å². The van der Waals surface area contributed by atoms with E-state index in [4.69, 9.17) is 4.74 Å². The quantitative estimate of drug-likeness (QED) is 0.454. The number of hydrogen-bond acceptors (Lipinski definition) is 5. The number of piperidine rings is 1. The Morgan fingerprint density at radius 1 is 1.11 bits per heavy atom. The van der Waals surface area contributed by atoms with Crippen molar-refractivity contribution in [3.05, 3.63) is 55.1 Å². The monoisotopic (exact) mass is 388 g/mol. The molecule has 1 aliphatic heterocycles. The van der Waals surface area contributed by atoms with Gasteiger partial charge in [0.2, 0.25) is 0 Å². The minimum absolute atomic E-state index is 0.310. The SMILES string of the molecule is C=CCC(O)(CC=C)CNCc1ccc(OCC(O)CN2CCCCC2)cc1. The molecule has 0 aliphatic carbocycles. The normalized spacial score (nSPS) is 16.5. The number of ether oxygens (including phenoxy) is 1. The van der Waals surface area contributed by atoms with E-state index in [1.165, 1.54) is 19.3 Å². The molecule has 1 aromatic rings. The van der Waals surface area contributed by atoms with Crippen molar-refractivity contribution < 1.29 is 14.9 Å². The van der Waals surface area contributed by atoms with Gasteiger partial charge in [-0.2, -0.15) is 0 Å². The first kappa shape index (κ1) is 22.6. The van der Waals surface area contributed by atoms with Crippen molar-refractivity contribution in [3.63, 3.8) is 0 Å². The second-order valence-electron chi connectivity index (χ2n) is 7.78. The van der Waals surface area contributed by atoms with Crippen LogP contribution >= 0.6 is 0 Å². The zero-order chi connectivity index (χ0) is 20.2. The highest BCUT2D eigenvalue weighted by atomic mass is 16.5. The summed E-state index contributed by atoms with van der Waals surface area (Å²) in [6.07, 6.45) is 7.80. The van der Waals surface area contributed by atoms with Gasteiger partial charge in [-0.15, -0.1) is 13.2 Å². The predicted octanol–water partition coefficient (Wildman–Crippen LogP) is 2.89. The fraction of sp³-hybridized carbons (Fsp3) is 0.565. The molecule has 2 rings (SSSR count). The molecule has 3 N–H and O–H groups in total. The van der Waals surface area contributed by atoms with Crippen LogP contribution in [0.4, 0.5) is 0 Å². The molecule has 0 spiro atoms. The number of aliphatic hydroxyl groups is 2. The molecule has 0 radical (unpaired) electrons. The molecule has 0 amide bonds. The summed E-state index contributed by atoms with van der Waals surface area (Å²) in [5, 5.41) is 24.0. The number of nitrogens with one attached hydrogen (secondary N) is 1. The zero-order valence-electron chi connectivity index (χ0n) is 17.0. The van der Waals surface area contributed by atoms with Crippen LogP contribution in [0.1, 0.15) is 37.7 Å². The summed E-state index contributed by atoms with van der Waals surface area (Å²) >= 11 is 0. The molecule has 0 aromatic heterocycles. The summed E-state index contributed by atoms with van der Waals surface area (Å²) in [4.78, 5) is 2.31. The average Bonchev–Trinajstić information content (AvgIpc) is 2.68. The topological polar surface area (TPSA) is 65.0 Å². The third-order valence-corrected chi connectivity index (χ3v) is 5.12. The molecule has 0 saturated carbocycles. The molecule has 5 nitrogen and oxygen atoms in total. The number of hydrogen-bond donors (Lipinski definition) is 3. The Kier molecular flexibility index (Phi) is 9.71. The molecule has 0 bridgehead atoms. The van der Waals surface area contributed by atoms with Crippen LogP contribution in [0.3, 0.4) is 0 Å². The summed E-state index contributed by atoms with van der Waals surface area (Å²) < 4.78 is 5.73. The lowest BCUT2D eigenvalue weighted by Crippen LogP contribution is -2.39. The van der Waals surface area contributed by atoms with E-state index in [2.05, 4.69) is 23.4 Å². The Morgan fingerprint density at radius 3 is 2.36 bits per heavy atom. The number of nitrogens with zero attached hydrogens (tertiary/aromatic N) is 1. The van der Waals surface area contributed by atoms with Crippen LogP contribution in [0.5, 0.6) is 5.75 Å². The van der Waals surface area contributed by atoms with Crippen molar-refractivity contribution in [1.82, 2.24) is 10.2 Å². The molecule has 1 fully saturated rings. The Morgan fingerprint density at radius 2 is 1.75 bits per heavy atom. The van der Waals surface area contributed by atoms with E-state index >= 15 is 0 Å². The van der Waals surface area contributed by atoms with Gasteiger partial charge in [-0.3, -0.25) is 0 Å². The van der Waals surface area contributed by atoms with E-state index in [0.29, 0.717) is 39.1 Å². The lowest BCUT2D eigenvalue weighted by molar-refractivity contribution is 0.0461. The van der Waals surface area contributed by atoms with E-state index < -0.39 is 11.7 Å². The van der Waals surface area contributed by atoms with Crippen molar-refractivity contribution in [1.29, 1.82) is 0 Å². The Bertz CT molecular complexity index is 572. The van der Waals surface area contributed by atoms with Gasteiger partial charge in [0.25, 0.3) is 0 Å². The fourth-order valence-electron chi connectivity index (χ4n) is 3.59. The first-order valence-electron chi connectivity index (χ1n) is 10.3. The number of likely N-dealkylation sites (tertiary alicyclic amines) is 1. The highest BCUT2D eigenvalue weighted by Crippen LogP contribution is 2.17. The maximum absolute atomic E-state index is 10.5. The van der Waals surface area contributed by atoms with Gasteiger partial charge in [-0.05, 0) is 56.5 Å². The molecule has 5 heteroatoms. The third kappa shape index (κ3) is 8.15. The Hall–Kier alpha value is -1.66. The van der Waals surface area contributed by atoms with Crippen molar-refractivity contribution >= 4 is 0 Å². The summed E-state index contributed by atoms with van der Waals surface area (Å²) in [6.45, 7) is 11.7. The van der Waals surface area contributed by atoms with E-state index in [1.807, 2.05) is 24.3 Å². The van der Waals surface area contributed by atoms with Gasteiger partial charge in [-0.1, -0.05) is 30.7 Å². The lowest BCUT2D eigenvalue weighted by atomic mass is 9.95. The molecule has 1 saturated heterocycles. The lowest BCUT2D eigenvalue weighted by Gasteiger charge is -2.28. The fourth-order valence-corrected chi connectivity index (χ4v) is 3.59. The minimum atomic E-state index is -0.836. The van der Waals surface area contributed by atoms with Gasteiger partial charge >= 0.3 is 0 Å². The molecule has 1 unspecified atom stereocenters. The Labute approximate surface area is 169 Å². The molecule has 1 heterocycles. The molecule has 1 aromatic carbocycles. The maximum atomic E-state index is 10.5. The average molecular weight is 389 g/mol. The number of benzene rings is 1. The smallest absolute Gasteiger partial charge is 0.119 e. The zero-order valence-corrected chi connectivity index (χ0v) is 17.0. The molecule has 1 atom stereocenters. The second kappa shape index (κ2) is 12.0.